The van der Waals surface area contributed by atoms with Gasteiger partial charge in [0.15, 0.2) is 5.78 Å². The summed E-state index contributed by atoms with van der Waals surface area (Å²) < 4.78 is 5.43. The van der Waals surface area contributed by atoms with Crippen molar-refractivity contribution >= 4 is 17.5 Å². The molecule has 19 heavy (non-hydrogen) atoms. The highest BCUT2D eigenvalue weighted by molar-refractivity contribution is 7.98. The van der Waals surface area contributed by atoms with E-state index in [0.29, 0.717) is 12.2 Å². The van der Waals surface area contributed by atoms with Crippen LogP contribution in [0.15, 0.2) is 53.4 Å². The Morgan fingerprint density at radius 3 is 2.68 bits per heavy atom. The smallest absolute Gasteiger partial charge is 0.194 e. The molecule has 0 radical (unpaired) electrons. The van der Waals surface area contributed by atoms with Crippen LogP contribution in [0.2, 0.25) is 0 Å². The van der Waals surface area contributed by atoms with E-state index in [1.165, 1.54) is 0 Å². The van der Waals surface area contributed by atoms with E-state index in [1.54, 1.807) is 17.8 Å². The molecule has 3 heteroatoms. The fourth-order valence-electron chi connectivity index (χ4n) is 1.88. The molecule has 98 valence electrons. The van der Waals surface area contributed by atoms with E-state index in [-0.39, 0.29) is 5.78 Å². The maximum Gasteiger partial charge on any atom is 0.194 e. The SMILES string of the molecule is CCOc1cccc(C(=O)c2ccccc2SC)c1. The van der Waals surface area contributed by atoms with Gasteiger partial charge in [-0.1, -0.05) is 24.3 Å². The third-order valence-corrected chi connectivity index (χ3v) is 3.55. The third kappa shape index (κ3) is 3.18. The van der Waals surface area contributed by atoms with Gasteiger partial charge in [-0.2, -0.15) is 0 Å². The Hall–Kier alpha value is -1.74. The monoisotopic (exact) mass is 272 g/mol. The van der Waals surface area contributed by atoms with Crippen LogP contribution in [0, 0.1) is 0 Å². The highest BCUT2D eigenvalue weighted by Gasteiger charge is 2.13. The molecule has 0 fully saturated rings. The maximum atomic E-state index is 12.5. The first-order chi connectivity index (χ1) is 9.26. The van der Waals surface area contributed by atoms with E-state index < -0.39 is 0 Å². The molecule has 0 atom stereocenters. The van der Waals surface area contributed by atoms with Crippen molar-refractivity contribution in [3.63, 3.8) is 0 Å². The minimum Gasteiger partial charge on any atom is -0.494 e. The minimum atomic E-state index is 0.0338. The minimum absolute atomic E-state index is 0.0338. The summed E-state index contributed by atoms with van der Waals surface area (Å²) in [7, 11) is 0. The fourth-order valence-corrected chi connectivity index (χ4v) is 2.48. The Morgan fingerprint density at radius 2 is 1.95 bits per heavy atom. The maximum absolute atomic E-state index is 12.5. The topological polar surface area (TPSA) is 26.3 Å². The molecule has 0 bridgehead atoms. The number of hydrogen-bond donors (Lipinski definition) is 0. The summed E-state index contributed by atoms with van der Waals surface area (Å²) in [5.74, 6) is 0.765. The lowest BCUT2D eigenvalue weighted by Crippen LogP contribution is -2.03. The Kier molecular flexibility index (Phi) is 4.63. The molecule has 0 unspecified atom stereocenters. The second kappa shape index (κ2) is 6.43. The summed E-state index contributed by atoms with van der Waals surface area (Å²) in [6.45, 7) is 2.52. The zero-order chi connectivity index (χ0) is 13.7. The van der Waals surface area contributed by atoms with E-state index in [9.17, 15) is 4.79 Å². The molecule has 0 N–H and O–H groups in total. The Balaban J connectivity index is 2.35. The van der Waals surface area contributed by atoms with E-state index in [2.05, 4.69) is 0 Å². The zero-order valence-corrected chi connectivity index (χ0v) is 11.9. The van der Waals surface area contributed by atoms with Crippen molar-refractivity contribution in [3.05, 3.63) is 59.7 Å². The number of rotatable bonds is 5. The summed E-state index contributed by atoms with van der Waals surface area (Å²) in [5.41, 5.74) is 1.40. The lowest BCUT2D eigenvalue weighted by atomic mass is 10.0. The molecule has 0 aliphatic rings. The first-order valence-electron chi connectivity index (χ1n) is 6.17. The summed E-state index contributed by atoms with van der Waals surface area (Å²) >= 11 is 1.58. The van der Waals surface area contributed by atoms with Crippen LogP contribution in [-0.4, -0.2) is 18.6 Å². The molecule has 0 saturated carbocycles. The number of carbonyl (C=O) groups excluding carboxylic acids is 1. The van der Waals surface area contributed by atoms with Gasteiger partial charge in [-0.05, 0) is 37.4 Å². The summed E-state index contributed by atoms with van der Waals surface area (Å²) in [4.78, 5) is 13.5. The van der Waals surface area contributed by atoms with Crippen molar-refractivity contribution < 1.29 is 9.53 Å². The Morgan fingerprint density at radius 1 is 1.16 bits per heavy atom. The summed E-state index contributed by atoms with van der Waals surface area (Å²) in [5, 5.41) is 0. The summed E-state index contributed by atoms with van der Waals surface area (Å²) in [6.07, 6.45) is 1.97. The van der Waals surface area contributed by atoms with Crippen molar-refractivity contribution in [3.8, 4) is 5.75 Å². The normalized spacial score (nSPS) is 10.2. The van der Waals surface area contributed by atoms with Gasteiger partial charge in [-0.3, -0.25) is 4.79 Å². The number of ketones is 1. The highest BCUT2D eigenvalue weighted by atomic mass is 32.2. The van der Waals surface area contributed by atoms with E-state index in [1.807, 2.05) is 55.6 Å². The quantitative estimate of drug-likeness (QED) is 0.607. The molecular weight excluding hydrogens is 256 g/mol. The molecule has 0 amide bonds. The number of benzene rings is 2. The average Bonchev–Trinajstić information content (AvgIpc) is 2.47. The Labute approximate surface area is 117 Å². The van der Waals surface area contributed by atoms with E-state index in [4.69, 9.17) is 4.74 Å². The van der Waals surface area contributed by atoms with Crippen LogP contribution in [0.5, 0.6) is 5.75 Å². The van der Waals surface area contributed by atoms with Crippen LogP contribution in [-0.2, 0) is 0 Å². The van der Waals surface area contributed by atoms with Crippen molar-refractivity contribution in [1.82, 2.24) is 0 Å². The molecule has 0 spiro atoms. The zero-order valence-electron chi connectivity index (χ0n) is 11.1. The van der Waals surface area contributed by atoms with Gasteiger partial charge >= 0.3 is 0 Å². The molecule has 0 saturated heterocycles. The molecule has 0 aromatic heterocycles. The van der Waals surface area contributed by atoms with Crippen LogP contribution in [0.4, 0.5) is 0 Å². The standard InChI is InChI=1S/C16H16O2S/c1-3-18-13-8-6-7-12(11-13)16(17)14-9-4-5-10-15(14)19-2/h4-11H,3H2,1-2H3. The molecule has 2 aromatic carbocycles. The lowest BCUT2D eigenvalue weighted by Gasteiger charge is -2.08. The average molecular weight is 272 g/mol. The molecule has 0 aliphatic heterocycles. The van der Waals surface area contributed by atoms with Gasteiger partial charge < -0.3 is 4.74 Å². The Bertz CT molecular complexity index is 578. The molecular formula is C16H16O2S. The molecule has 2 aromatic rings. The van der Waals surface area contributed by atoms with Crippen molar-refractivity contribution in [2.45, 2.75) is 11.8 Å². The van der Waals surface area contributed by atoms with Crippen molar-refractivity contribution in [2.24, 2.45) is 0 Å². The first kappa shape index (κ1) is 13.7. The second-order valence-corrected chi connectivity index (χ2v) is 4.84. The fraction of sp³-hybridized carbons (Fsp3) is 0.188. The largest absolute Gasteiger partial charge is 0.494 e. The van der Waals surface area contributed by atoms with Crippen molar-refractivity contribution in [2.75, 3.05) is 12.9 Å². The van der Waals surface area contributed by atoms with E-state index >= 15 is 0 Å². The number of ether oxygens (including phenoxy) is 1. The number of thioether (sulfide) groups is 1. The van der Waals surface area contributed by atoms with Gasteiger partial charge in [0.25, 0.3) is 0 Å². The second-order valence-electron chi connectivity index (χ2n) is 3.99. The molecule has 2 nitrogen and oxygen atoms in total. The highest BCUT2D eigenvalue weighted by Crippen LogP contribution is 2.24. The van der Waals surface area contributed by atoms with Crippen LogP contribution < -0.4 is 4.74 Å². The predicted octanol–water partition coefficient (Wildman–Crippen LogP) is 4.04. The van der Waals surface area contributed by atoms with Gasteiger partial charge in [0, 0.05) is 16.0 Å². The van der Waals surface area contributed by atoms with Gasteiger partial charge in [-0.25, -0.2) is 0 Å². The number of carbonyl (C=O) groups is 1. The van der Waals surface area contributed by atoms with Crippen LogP contribution in [0.25, 0.3) is 0 Å². The van der Waals surface area contributed by atoms with Crippen LogP contribution in [0.1, 0.15) is 22.8 Å². The predicted molar refractivity (Wildman–Crippen MR) is 79.3 cm³/mol. The van der Waals surface area contributed by atoms with Crippen molar-refractivity contribution in [1.29, 1.82) is 0 Å². The van der Waals surface area contributed by atoms with Gasteiger partial charge in [0.1, 0.15) is 5.75 Å². The third-order valence-electron chi connectivity index (χ3n) is 2.76. The van der Waals surface area contributed by atoms with Gasteiger partial charge in [-0.15, -0.1) is 11.8 Å². The van der Waals surface area contributed by atoms with Crippen LogP contribution >= 0.6 is 11.8 Å². The van der Waals surface area contributed by atoms with Gasteiger partial charge in [0.05, 0.1) is 6.61 Å². The van der Waals surface area contributed by atoms with Crippen LogP contribution in [0.3, 0.4) is 0 Å². The first-order valence-corrected chi connectivity index (χ1v) is 7.39. The van der Waals surface area contributed by atoms with Gasteiger partial charge in [0.2, 0.25) is 0 Å². The lowest BCUT2D eigenvalue weighted by molar-refractivity contribution is 0.103. The molecule has 2 rings (SSSR count). The number of hydrogen-bond acceptors (Lipinski definition) is 3. The molecule has 0 heterocycles. The summed E-state index contributed by atoms with van der Waals surface area (Å²) in [6, 6.07) is 15.0. The molecule has 0 aliphatic carbocycles. The van der Waals surface area contributed by atoms with E-state index in [0.717, 1.165) is 16.2 Å².